The fourth-order valence-corrected chi connectivity index (χ4v) is 1.61. The average Bonchev–Trinajstić information content (AvgIpc) is 2.18. The van der Waals surface area contributed by atoms with Crippen LogP contribution in [0.15, 0.2) is 17.2 Å². The Morgan fingerprint density at radius 1 is 1.53 bits per heavy atom. The van der Waals surface area contributed by atoms with Gasteiger partial charge in [-0.25, -0.2) is 4.98 Å². The van der Waals surface area contributed by atoms with E-state index < -0.39 is 6.10 Å². The number of aryl methyl sites for hydroxylation is 1. The first-order valence-electron chi connectivity index (χ1n) is 5.73. The molecule has 0 aromatic carbocycles. The van der Waals surface area contributed by atoms with Gasteiger partial charge in [-0.15, -0.1) is 0 Å². The second-order valence-electron chi connectivity index (χ2n) is 5.49. The highest BCUT2D eigenvalue weighted by Gasteiger charge is 2.16. The Morgan fingerprint density at radius 3 is 2.76 bits per heavy atom. The summed E-state index contributed by atoms with van der Waals surface area (Å²) < 4.78 is 1.45. The van der Waals surface area contributed by atoms with Crippen molar-refractivity contribution in [2.24, 2.45) is 12.5 Å². The van der Waals surface area contributed by atoms with E-state index in [2.05, 4.69) is 31.1 Å². The van der Waals surface area contributed by atoms with Crippen LogP contribution in [0.5, 0.6) is 0 Å². The summed E-state index contributed by atoms with van der Waals surface area (Å²) in [7, 11) is 1.67. The number of hydrogen-bond donors (Lipinski definition) is 2. The summed E-state index contributed by atoms with van der Waals surface area (Å²) in [6.07, 6.45) is 3.34. The first kappa shape index (κ1) is 13.7. The standard InChI is InChI=1S/C12H21N3O2/c1-12(2,3)7-9(16)8-14-10-11(17)15(4)6-5-13-10/h5-6,9,16H,7-8H2,1-4H3,(H,13,14). The maximum Gasteiger partial charge on any atom is 0.293 e. The summed E-state index contributed by atoms with van der Waals surface area (Å²) in [6.45, 7) is 6.53. The van der Waals surface area contributed by atoms with E-state index in [1.807, 2.05) is 0 Å². The van der Waals surface area contributed by atoms with Crippen LogP contribution >= 0.6 is 0 Å². The van der Waals surface area contributed by atoms with E-state index in [0.717, 1.165) is 0 Å². The van der Waals surface area contributed by atoms with Gasteiger partial charge in [-0.3, -0.25) is 4.79 Å². The van der Waals surface area contributed by atoms with Gasteiger partial charge in [0, 0.05) is 26.0 Å². The predicted octanol–water partition coefficient (Wildman–Crippen LogP) is 0.989. The molecule has 5 nitrogen and oxygen atoms in total. The molecule has 1 aromatic rings. The van der Waals surface area contributed by atoms with Crippen molar-refractivity contribution in [3.63, 3.8) is 0 Å². The highest BCUT2D eigenvalue weighted by molar-refractivity contribution is 5.30. The van der Waals surface area contributed by atoms with Crippen LogP contribution < -0.4 is 10.9 Å². The van der Waals surface area contributed by atoms with Gasteiger partial charge < -0.3 is 15.0 Å². The molecule has 0 amide bonds. The van der Waals surface area contributed by atoms with Gasteiger partial charge in [-0.1, -0.05) is 20.8 Å². The molecular formula is C12H21N3O2. The number of rotatable bonds is 4. The Labute approximate surface area is 102 Å². The molecule has 5 heteroatoms. The molecule has 0 bridgehead atoms. The number of nitrogens with one attached hydrogen (secondary N) is 1. The van der Waals surface area contributed by atoms with E-state index in [4.69, 9.17) is 0 Å². The zero-order chi connectivity index (χ0) is 13.1. The van der Waals surface area contributed by atoms with Crippen molar-refractivity contribution in [1.29, 1.82) is 0 Å². The van der Waals surface area contributed by atoms with Crippen LogP contribution in [0.2, 0.25) is 0 Å². The van der Waals surface area contributed by atoms with E-state index in [1.165, 1.54) is 4.57 Å². The Hall–Kier alpha value is -1.36. The van der Waals surface area contributed by atoms with E-state index in [-0.39, 0.29) is 16.8 Å². The topological polar surface area (TPSA) is 67.2 Å². The van der Waals surface area contributed by atoms with Crippen molar-refractivity contribution < 1.29 is 5.11 Å². The number of hydrogen-bond acceptors (Lipinski definition) is 4. The predicted molar refractivity (Wildman–Crippen MR) is 68.0 cm³/mol. The number of aromatic nitrogens is 2. The van der Waals surface area contributed by atoms with Gasteiger partial charge in [0.25, 0.3) is 5.56 Å². The van der Waals surface area contributed by atoms with Gasteiger partial charge in [0.15, 0.2) is 5.82 Å². The molecule has 1 aromatic heterocycles. The van der Waals surface area contributed by atoms with Gasteiger partial charge in [0.1, 0.15) is 0 Å². The molecule has 1 atom stereocenters. The van der Waals surface area contributed by atoms with Crippen LogP contribution in [0.25, 0.3) is 0 Å². The molecule has 0 aliphatic carbocycles. The Morgan fingerprint density at radius 2 is 2.18 bits per heavy atom. The summed E-state index contributed by atoms with van der Waals surface area (Å²) in [5.74, 6) is 0.281. The van der Waals surface area contributed by atoms with Crippen molar-refractivity contribution >= 4 is 5.82 Å². The van der Waals surface area contributed by atoms with Crippen molar-refractivity contribution in [2.45, 2.75) is 33.3 Å². The van der Waals surface area contributed by atoms with E-state index in [9.17, 15) is 9.90 Å². The fourth-order valence-electron chi connectivity index (χ4n) is 1.61. The molecule has 17 heavy (non-hydrogen) atoms. The Bertz CT molecular complexity index is 420. The van der Waals surface area contributed by atoms with Crippen LogP contribution in [0.1, 0.15) is 27.2 Å². The third kappa shape index (κ3) is 4.56. The molecule has 0 aliphatic rings. The van der Waals surface area contributed by atoms with Crippen molar-refractivity contribution in [1.82, 2.24) is 9.55 Å². The SMILES string of the molecule is Cn1ccnc(NCC(O)CC(C)(C)C)c1=O. The molecule has 0 fully saturated rings. The van der Waals surface area contributed by atoms with E-state index in [1.54, 1.807) is 19.4 Å². The highest BCUT2D eigenvalue weighted by Crippen LogP contribution is 2.20. The van der Waals surface area contributed by atoms with E-state index in [0.29, 0.717) is 13.0 Å². The monoisotopic (exact) mass is 239 g/mol. The van der Waals surface area contributed by atoms with Crippen molar-refractivity contribution in [2.75, 3.05) is 11.9 Å². The van der Waals surface area contributed by atoms with Gasteiger partial charge in [0.2, 0.25) is 0 Å². The molecule has 2 N–H and O–H groups in total. The lowest BCUT2D eigenvalue weighted by atomic mass is 9.89. The zero-order valence-electron chi connectivity index (χ0n) is 10.9. The largest absolute Gasteiger partial charge is 0.391 e. The zero-order valence-corrected chi connectivity index (χ0v) is 10.9. The maximum atomic E-state index is 11.6. The first-order chi connectivity index (χ1) is 7.79. The molecule has 96 valence electrons. The molecule has 0 saturated heterocycles. The molecule has 1 rings (SSSR count). The molecule has 1 unspecified atom stereocenters. The number of nitrogens with zero attached hydrogens (tertiary/aromatic N) is 2. The first-order valence-corrected chi connectivity index (χ1v) is 5.73. The lowest BCUT2D eigenvalue weighted by Gasteiger charge is -2.22. The lowest BCUT2D eigenvalue weighted by molar-refractivity contribution is 0.132. The number of aliphatic hydroxyl groups excluding tert-OH is 1. The molecule has 0 saturated carbocycles. The van der Waals surface area contributed by atoms with Gasteiger partial charge in [-0.05, 0) is 11.8 Å². The molecule has 0 radical (unpaired) electrons. The van der Waals surface area contributed by atoms with Crippen LogP contribution in [-0.2, 0) is 7.05 Å². The number of anilines is 1. The van der Waals surface area contributed by atoms with Crippen LogP contribution in [0, 0.1) is 5.41 Å². The fraction of sp³-hybridized carbons (Fsp3) is 0.667. The summed E-state index contributed by atoms with van der Waals surface area (Å²) >= 11 is 0. The quantitative estimate of drug-likeness (QED) is 0.822. The Balaban J connectivity index is 2.56. The van der Waals surface area contributed by atoms with Crippen molar-refractivity contribution in [3.8, 4) is 0 Å². The summed E-state index contributed by atoms with van der Waals surface area (Å²) in [4.78, 5) is 15.6. The smallest absolute Gasteiger partial charge is 0.293 e. The third-order valence-corrected chi connectivity index (χ3v) is 2.37. The summed E-state index contributed by atoms with van der Waals surface area (Å²) in [5.41, 5.74) is -0.119. The molecular weight excluding hydrogens is 218 g/mol. The van der Waals surface area contributed by atoms with Crippen LogP contribution in [0.4, 0.5) is 5.82 Å². The number of aliphatic hydroxyl groups is 1. The lowest BCUT2D eigenvalue weighted by Crippen LogP contribution is -2.29. The summed E-state index contributed by atoms with van der Waals surface area (Å²) in [6, 6.07) is 0. The second kappa shape index (κ2) is 5.31. The Kier molecular flexibility index (Phi) is 4.28. The van der Waals surface area contributed by atoms with Gasteiger partial charge >= 0.3 is 0 Å². The molecule has 1 heterocycles. The third-order valence-electron chi connectivity index (χ3n) is 2.37. The van der Waals surface area contributed by atoms with Gasteiger partial charge in [0.05, 0.1) is 6.10 Å². The molecule has 0 aliphatic heterocycles. The minimum Gasteiger partial charge on any atom is -0.391 e. The average molecular weight is 239 g/mol. The minimum atomic E-state index is -0.485. The van der Waals surface area contributed by atoms with Gasteiger partial charge in [-0.2, -0.15) is 0 Å². The van der Waals surface area contributed by atoms with E-state index >= 15 is 0 Å². The summed E-state index contributed by atoms with van der Waals surface area (Å²) in [5, 5.41) is 12.7. The van der Waals surface area contributed by atoms with Crippen molar-refractivity contribution in [3.05, 3.63) is 22.7 Å². The van der Waals surface area contributed by atoms with Crippen LogP contribution in [-0.4, -0.2) is 27.3 Å². The van der Waals surface area contributed by atoms with Crippen LogP contribution in [0.3, 0.4) is 0 Å². The highest BCUT2D eigenvalue weighted by atomic mass is 16.3. The molecule has 0 spiro atoms. The second-order valence-corrected chi connectivity index (χ2v) is 5.49. The normalized spacial score (nSPS) is 13.5. The maximum absolute atomic E-state index is 11.6. The minimum absolute atomic E-state index is 0.0656.